The van der Waals surface area contributed by atoms with Gasteiger partial charge in [0, 0.05) is 90.8 Å². The number of halogens is 3. The first-order valence-electron chi connectivity index (χ1n) is 30.6. The van der Waals surface area contributed by atoms with E-state index in [1.54, 1.807) is 30.9 Å². The Morgan fingerprint density at radius 3 is 1.02 bits per heavy atom. The van der Waals surface area contributed by atoms with Gasteiger partial charge in [0.25, 0.3) is 0 Å². The normalized spacial score (nSPS) is 11.5. The lowest BCUT2D eigenvalue weighted by atomic mass is 9.96. The van der Waals surface area contributed by atoms with E-state index in [2.05, 4.69) is 94.3 Å². The molecule has 0 bridgehead atoms. The molecule has 8 nitrogen and oxygen atoms in total. The molecule has 6 heterocycles. The Labute approximate surface area is 538 Å². The fourth-order valence-corrected chi connectivity index (χ4v) is 13.4. The lowest BCUT2D eigenvalue weighted by Gasteiger charge is -2.21. The summed E-state index contributed by atoms with van der Waals surface area (Å²) in [6.07, 6.45) is 2.29. The van der Waals surface area contributed by atoms with E-state index in [1.165, 1.54) is 6.07 Å². The molecule has 442 valence electrons. The molecule has 6 aromatic heterocycles. The van der Waals surface area contributed by atoms with E-state index < -0.39 is 11.7 Å². The average Bonchev–Trinajstić information content (AvgIpc) is 1.54. The third-order valence-corrected chi connectivity index (χ3v) is 17.6. The molecule has 0 aliphatic heterocycles. The largest absolute Gasteiger partial charge is 0.416 e. The first-order chi connectivity index (χ1) is 46.2. The van der Waals surface area contributed by atoms with Crippen LogP contribution in [0.15, 0.2) is 298 Å². The minimum Gasteiger partial charge on any atom is -0.319 e. The minimum atomic E-state index is -4.83. The van der Waals surface area contributed by atoms with Gasteiger partial charge < -0.3 is 9.13 Å². The van der Waals surface area contributed by atoms with Gasteiger partial charge in [-0.05, 0) is 106 Å². The quantitative estimate of drug-likeness (QED) is 0.120. The second-order valence-electron chi connectivity index (χ2n) is 23.0. The summed E-state index contributed by atoms with van der Waals surface area (Å²) >= 11 is 0. The number of hydrogen-bond donors (Lipinski definition) is 0. The topological polar surface area (TPSA) is 89.6 Å². The fourth-order valence-electron chi connectivity index (χ4n) is 13.4. The number of nitrogens with zero attached hydrogens (tertiary/aromatic N) is 8. The van der Waals surface area contributed by atoms with Gasteiger partial charge in [0.05, 0.1) is 80.0 Å². The Morgan fingerprint density at radius 1 is 0.340 bits per heavy atom. The molecule has 94 heavy (non-hydrogen) atoms. The highest BCUT2D eigenvalue weighted by molar-refractivity contribution is 6.15. The first-order valence-corrected chi connectivity index (χ1v) is 30.6. The summed E-state index contributed by atoms with van der Waals surface area (Å²) in [4.78, 5) is 24.4. The molecule has 0 aliphatic carbocycles. The summed E-state index contributed by atoms with van der Waals surface area (Å²) in [5.74, 6) is 0. The lowest BCUT2D eigenvalue weighted by molar-refractivity contribution is -0.137. The number of rotatable bonds is 11. The van der Waals surface area contributed by atoms with Crippen LogP contribution in [0.25, 0.3) is 160 Å². The van der Waals surface area contributed by atoms with Gasteiger partial charge >= 0.3 is 6.18 Å². The lowest BCUT2D eigenvalue weighted by Crippen LogP contribution is -2.07. The summed E-state index contributed by atoms with van der Waals surface area (Å²) < 4.78 is 50.3. The Balaban J connectivity index is 1.05. The number of alkyl halides is 3. The van der Waals surface area contributed by atoms with Crippen LogP contribution in [0.5, 0.6) is 0 Å². The van der Waals surface area contributed by atoms with Crippen molar-refractivity contribution in [2.45, 2.75) is 6.18 Å². The van der Waals surface area contributed by atoms with Crippen molar-refractivity contribution in [1.82, 2.24) is 29.1 Å². The van der Waals surface area contributed by atoms with E-state index in [0.717, 1.165) is 134 Å². The van der Waals surface area contributed by atoms with Crippen molar-refractivity contribution in [2.24, 2.45) is 0 Å². The van der Waals surface area contributed by atoms with Gasteiger partial charge in [0.15, 0.2) is 0 Å². The van der Waals surface area contributed by atoms with Gasteiger partial charge in [-0.25, -0.2) is 4.85 Å². The second kappa shape index (κ2) is 23.2. The van der Waals surface area contributed by atoms with Gasteiger partial charge in [0.1, 0.15) is 0 Å². The number of hydrogen-bond acceptors (Lipinski definition) is 5. The minimum absolute atomic E-state index is 0.0965. The van der Waals surface area contributed by atoms with Crippen molar-refractivity contribution in [3.8, 4) is 118 Å². The molecule has 16 aromatic rings. The summed E-state index contributed by atoms with van der Waals surface area (Å²) in [5, 5.41) is 14.0. The standard InChI is InChI=1S/C83H49F3N8/c1-88-81-72(93-73-47-57(63-26-14-40-89-77(63)53-18-6-2-7-19-53)30-34-68(73)69-35-31-58(48-74(69)93)64-27-15-41-90-78(64)54-20-8-3-9-21-54)39-38-67(61-44-52(51-87)45-62(46-61)83(84,85)86)82(81)94-75-49-59(65-28-16-42-91-79(65)55-22-10-4-11-23-55)32-36-70(75)71-37-33-60(50-76(71)94)66-29-17-43-92-80(66)56-24-12-5-13-25-56/h2-50H. The number of benzene rings is 10. The molecule has 0 aliphatic rings. The highest BCUT2D eigenvalue weighted by Crippen LogP contribution is 2.50. The Bertz CT molecular complexity index is 5470. The molecule has 0 unspecified atom stereocenters. The average molecular weight is 1220 g/mol. The number of fused-ring (bicyclic) bond motifs is 6. The van der Waals surface area contributed by atoms with Crippen LogP contribution in [0.1, 0.15) is 11.1 Å². The number of aromatic nitrogens is 6. The summed E-state index contributed by atoms with van der Waals surface area (Å²) in [5.41, 5.74) is 16.6. The second-order valence-corrected chi connectivity index (χ2v) is 23.0. The summed E-state index contributed by atoms with van der Waals surface area (Å²) in [6, 6.07) is 90.1. The molecule has 11 heteroatoms. The molecule has 0 atom stereocenters. The van der Waals surface area contributed by atoms with Crippen molar-refractivity contribution < 1.29 is 13.2 Å². The Morgan fingerprint density at radius 2 is 0.691 bits per heavy atom. The van der Waals surface area contributed by atoms with Gasteiger partial charge in [-0.1, -0.05) is 200 Å². The maximum absolute atomic E-state index is 15.4. The first kappa shape index (κ1) is 56.4. The molecule has 0 N–H and O–H groups in total. The number of nitriles is 1. The molecule has 10 aromatic carbocycles. The van der Waals surface area contributed by atoms with Crippen LogP contribution in [0.4, 0.5) is 18.9 Å². The van der Waals surface area contributed by atoms with Crippen LogP contribution in [0.3, 0.4) is 0 Å². The molecule has 0 amide bonds. The third kappa shape index (κ3) is 9.80. The predicted octanol–water partition coefficient (Wildman–Crippen LogP) is 21.9. The predicted molar refractivity (Wildman–Crippen MR) is 371 cm³/mol. The monoisotopic (exact) mass is 1210 g/mol. The van der Waals surface area contributed by atoms with E-state index in [9.17, 15) is 11.8 Å². The smallest absolute Gasteiger partial charge is 0.319 e. The summed E-state index contributed by atoms with van der Waals surface area (Å²) in [6.45, 7) is 9.78. The molecule has 0 fully saturated rings. The van der Waals surface area contributed by atoms with E-state index in [-0.39, 0.29) is 22.4 Å². The fraction of sp³-hybridized carbons (Fsp3) is 0.0120. The zero-order valence-electron chi connectivity index (χ0n) is 50.0. The van der Waals surface area contributed by atoms with Crippen LogP contribution in [0, 0.1) is 17.9 Å². The third-order valence-electron chi connectivity index (χ3n) is 17.6. The Kier molecular flexibility index (Phi) is 13.9. The van der Waals surface area contributed by atoms with Crippen molar-refractivity contribution in [2.75, 3.05) is 0 Å². The Hall–Kier alpha value is -12.8. The molecule has 0 saturated heterocycles. The highest BCUT2D eigenvalue weighted by atomic mass is 19.4. The molecular weight excluding hydrogens is 1170 g/mol. The van der Waals surface area contributed by atoms with E-state index in [0.29, 0.717) is 22.4 Å². The van der Waals surface area contributed by atoms with Crippen LogP contribution in [-0.4, -0.2) is 29.1 Å². The van der Waals surface area contributed by atoms with Crippen molar-refractivity contribution in [1.29, 1.82) is 5.26 Å². The SMILES string of the molecule is [C-]#[N+]c1c(-n2c3cc(-c4cccnc4-c4ccccc4)ccc3c3ccc(-c4cccnc4-c4ccccc4)cc32)ccc(-c2cc(C#N)cc(C(F)(F)F)c2)c1-n1c2cc(-c3cccnc3-c3ccccc3)ccc2c2ccc(-c3cccnc3-c3ccccc3)cc21. The van der Waals surface area contributed by atoms with Gasteiger partial charge in [-0.3, -0.25) is 19.9 Å². The van der Waals surface area contributed by atoms with Crippen molar-refractivity contribution in [3.63, 3.8) is 0 Å². The van der Waals surface area contributed by atoms with Crippen molar-refractivity contribution >= 4 is 49.3 Å². The molecular formula is C83H49F3N8. The zero-order chi connectivity index (χ0) is 63.4. The maximum atomic E-state index is 15.4. The van der Waals surface area contributed by atoms with Gasteiger partial charge in [-0.15, -0.1) is 0 Å². The molecule has 0 spiro atoms. The van der Waals surface area contributed by atoms with Crippen LogP contribution < -0.4 is 0 Å². The zero-order valence-corrected chi connectivity index (χ0v) is 50.0. The van der Waals surface area contributed by atoms with Gasteiger partial charge in [0.2, 0.25) is 5.69 Å². The summed E-state index contributed by atoms with van der Waals surface area (Å²) in [7, 11) is 0. The van der Waals surface area contributed by atoms with Crippen molar-refractivity contribution in [3.05, 3.63) is 320 Å². The molecule has 16 rings (SSSR count). The van der Waals surface area contributed by atoms with E-state index >= 15 is 13.2 Å². The van der Waals surface area contributed by atoms with Crippen LogP contribution in [0.2, 0.25) is 0 Å². The van der Waals surface area contributed by atoms with E-state index in [1.807, 2.05) is 174 Å². The molecule has 0 radical (unpaired) electrons. The molecule has 0 saturated carbocycles. The number of pyridine rings is 4. The highest BCUT2D eigenvalue weighted by Gasteiger charge is 2.33. The van der Waals surface area contributed by atoms with Crippen LogP contribution in [-0.2, 0) is 6.18 Å². The van der Waals surface area contributed by atoms with Gasteiger partial charge in [-0.2, -0.15) is 18.4 Å². The van der Waals surface area contributed by atoms with E-state index in [4.69, 9.17) is 19.9 Å². The maximum Gasteiger partial charge on any atom is 0.416 e. The van der Waals surface area contributed by atoms with Crippen LogP contribution >= 0.6 is 0 Å².